The molecule has 0 aromatic rings. The van der Waals surface area contributed by atoms with E-state index in [1.165, 1.54) is 12.8 Å². The third-order valence-electron chi connectivity index (χ3n) is 4.44. The molecular formula is C15H28N2O2. The Bertz CT molecular complexity index is 330. The van der Waals surface area contributed by atoms with Crippen molar-refractivity contribution >= 4 is 6.09 Å². The zero-order valence-electron chi connectivity index (χ0n) is 12.8. The topological polar surface area (TPSA) is 41.6 Å². The molecule has 2 fully saturated rings. The number of amides is 1. The van der Waals surface area contributed by atoms with Crippen molar-refractivity contribution in [2.24, 2.45) is 5.41 Å². The summed E-state index contributed by atoms with van der Waals surface area (Å²) in [6.07, 6.45) is 4.59. The second-order valence-corrected chi connectivity index (χ2v) is 7.23. The molecule has 2 aliphatic heterocycles. The van der Waals surface area contributed by atoms with Gasteiger partial charge in [-0.15, -0.1) is 0 Å². The molecule has 0 aliphatic carbocycles. The van der Waals surface area contributed by atoms with Crippen LogP contribution in [0.5, 0.6) is 0 Å². The minimum Gasteiger partial charge on any atom is -0.444 e. The molecular weight excluding hydrogens is 240 g/mol. The highest BCUT2D eigenvalue weighted by molar-refractivity contribution is 5.68. The minimum atomic E-state index is -0.402. The summed E-state index contributed by atoms with van der Waals surface area (Å²) in [6, 6.07) is 0.293. The first kappa shape index (κ1) is 14.6. The van der Waals surface area contributed by atoms with Crippen LogP contribution >= 0.6 is 0 Å². The summed E-state index contributed by atoms with van der Waals surface area (Å²) >= 11 is 0. The Balaban J connectivity index is 1.95. The molecule has 1 N–H and O–H groups in total. The van der Waals surface area contributed by atoms with Gasteiger partial charge in [-0.2, -0.15) is 0 Å². The molecule has 0 bridgehead atoms. The SMILES string of the molecule is CC1CC2(CCNCC2)CCN1C(=O)OC(C)(C)C. The standard InChI is InChI=1S/C15H28N2O2/c1-12-11-15(5-8-16-9-6-15)7-10-17(12)13(18)19-14(2,3)4/h12,16H,5-11H2,1-4H3. The Hall–Kier alpha value is -0.770. The van der Waals surface area contributed by atoms with E-state index in [1.807, 2.05) is 25.7 Å². The van der Waals surface area contributed by atoms with Gasteiger partial charge in [0, 0.05) is 12.6 Å². The number of carbonyl (C=O) groups excluding carboxylic acids is 1. The van der Waals surface area contributed by atoms with Crippen LogP contribution in [0.1, 0.15) is 53.4 Å². The molecule has 0 radical (unpaired) electrons. The highest BCUT2D eigenvalue weighted by Gasteiger charge is 2.41. The first-order chi connectivity index (χ1) is 8.81. The number of likely N-dealkylation sites (tertiary alicyclic amines) is 1. The van der Waals surface area contributed by atoms with E-state index < -0.39 is 5.60 Å². The predicted molar refractivity (Wildman–Crippen MR) is 76.2 cm³/mol. The van der Waals surface area contributed by atoms with Gasteiger partial charge in [0.2, 0.25) is 0 Å². The van der Waals surface area contributed by atoms with Gasteiger partial charge in [0.25, 0.3) is 0 Å². The normalized spacial score (nSPS) is 27.4. The van der Waals surface area contributed by atoms with Crippen molar-refractivity contribution in [1.82, 2.24) is 10.2 Å². The van der Waals surface area contributed by atoms with Gasteiger partial charge in [-0.3, -0.25) is 0 Å². The van der Waals surface area contributed by atoms with Crippen molar-refractivity contribution in [2.75, 3.05) is 19.6 Å². The molecule has 1 unspecified atom stereocenters. The average molecular weight is 268 g/mol. The molecule has 4 nitrogen and oxygen atoms in total. The van der Waals surface area contributed by atoms with E-state index in [9.17, 15) is 4.79 Å². The summed E-state index contributed by atoms with van der Waals surface area (Å²) in [5, 5.41) is 3.43. The molecule has 19 heavy (non-hydrogen) atoms. The van der Waals surface area contributed by atoms with Crippen LogP contribution in [0.25, 0.3) is 0 Å². The van der Waals surface area contributed by atoms with Gasteiger partial charge in [-0.1, -0.05) is 0 Å². The van der Waals surface area contributed by atoms with Gasteiger partial charge in [0.1, 0.15) is 5.60 Å². The maximum absolute atomic E-state index is 12.2. The van der Waals surface area contributed by atoms with Gasteiger partial charge in [-0.25, -0.2) is 4.79 Å². The van der Waals surface area contributed by atoms with Gasteiger partial charge in [0.05, 0.1) is 0 Å². The molecule has 2 saturated heterocycles. The fourth-order valence-corrected chi connectivity index (χ4v) is 3.42. The smallest absolute Gasteiger partial charge is 0.410 e. The van der Waals surface area contributed by atoms with E-state index in [2.05, 4.69) is 12.2 Å². The van der Waals surface area contributed by atoms with Crippen molar-refractivity contribution < 1.29 is 9.53 Å². The summed E-state index contributed by atoms with van der Waals surface area (Å²) in [5.41, 5.74) is 0.0594. The molecule has 2 heterocycles. The molecule has 110 valence electrons. The third kappa shape index (κ3) is 3.62. The van der Waals surface area contributed by atoms with Crippen molar-refractivity contribution in [3.8, 4) is 0 Å². The zero-order chi connectivity index (χ0) is 14.1. The quantitative estimate of drug-likeness (QED) is 0.734. The Morgan fingerprint density at radius 3 is 2.42 bits per heavy atom. The molecule has 0 aromatic carbocycles. The number of hydrogen-bond donors (Lipinski definition) is 1. The van der Waals surface area contributed by atoms with Crippen LogP contribution in [0.2, 0.25) is 0 Å². The van der Waals surface area contributed by atoms with Crippen molar-refractivity contribution in [1.29, 1.82) is 0 Å². The Labute approximate surface area is 116 Å². The summed E-state index contributed by atoms with van der Waals surface area (Å²) in [5.74, 6) is 0. The molecule has 0 saturated carbocycles. The first-order valence-electron chi connectivity index (χ1n) is 7.52. The van der Waals surface area contributed by atoms with Crippen molar-refractivity contribution in [3.05, 3.63) is 0 Å². The second-order valence-electron chi connectivity index (χ2n) is 7.23. The number of ether oxygens (including phenoxy) is 1. The molecule has 4 heteroatoms. The molecule has 1 spiro atoms. The summed E-state index contributed by atoms with van der Waals surface area (Å²) in [4.78, 5) is 14.1. The van der Waals surface area contributed by atoms with Crippen LogP contribution in [-0.4, -0.2) is 42.3 Å². The lowest BCUT2D eigenvalue weighted by molar-refractivity contribution is -0.0111. The lowest BCUT2D eigenvalue weighted by atomic mass is 9.69. The largest absolute Gasteiger partial charge is 0.444 e. The Morgan fingerprint density at radius 1 is 1.26 bits per heavy atom. The molecule has 1 amide bonds. The van der Waals surface area contributed by atoms with Gasteiger partial charge < -0.3 is 15.0 Å². The molecule has 1 atom stereocenters. The van der Waals surface area contributed by atoms with Gasteiger partial charge in [0.15, 0.2) is 0 Å². The first-order valence-corrected chi connectivity index (χ1v) is 7.52. The summed E-state index contributed by atoms with van der Waals surface area (Å²) in [7, 11) is 0. The lowest BCUT2D eigenvalue weighted by Crippen LogP contribution is -2.52. The minimum absolute atomic E-state index is 0.149. The number of nitrogens with one attached hydrogen (secondary N) is 1. The Kier molecular flexibility index (Phi) is 4.09. The van der Waals surface area contributed by atoms with Crippen LogP contribution < -0.4 is 5.32 Å². The molecule has 2 rings (SSSR count). The van der Waals surface area contributed by atoms with E-state index in [0.717, 1.165) is 32.5 Å². The Morgan fingerprint density at radius 2 is 1.89 bits per heavy atom. The van der Waals surface area contributed by atoms with Crippen LogP contribution in [-0.2, 0) is 4.74 Å². The van der Waals surface area contributed by atoms with E-state index in [1.54, 1.807) is 0 Å². The second kappa shape index (κ2) is 5.31. The van der Waals surface area contributed by atoms with Crippen LogP contribution in [0.15, 0.2) is 0 Å². The molecule has 2 aliphatic rings. The number of hydrogen-bond acceptors (Lipinski definition) is 3. The van der Waals surface area contributed by atoms with E-state index >= 15 is 0 Å². The van der Waals surface area contributed by atoms with Crippen LogP contribution in [0.4, 0.5) is 4.79 Å². The van der Waals surface area contributed by atoms with Gasteiger partial charge in [-0.05, 0) is 71.9 Å². The van der Waals surface area contributed by atoms with Crippen molar-refractivity contribution in [3.63, 3.8) is 0 Å². The highest BCUT2D eigenvalue weighted by atomic mass is 16.6. The van der Waals surface area contributed by atoms with Crippen LogP contribution in [0, 0.1) is 5.41 Å². The number of rotatable bonds is 0. The fourth-order valence-electron chi connectivity index (χ4n) is 3.42. The number of nitrogens with zero attached hydrogens (tertiary/aromatic N) is 1. The van der Waals surface area contributed by atoms with Crippen LogP contribution in [0.3, 0.4) is 0 Å². The monoisotopic (exact) mass is 268 g/mol. The predicted octanol–water partition coefficient (Wildman–Crippen LogP) is 2.78. The molecule has 0 aromatic heterocycles. The summed E-state index contributed by atoms with van der Waals surface area (Å²) in [6.45, 7) is 11.0. The maximum Gasteiger partial charge on any atom is 0.410 e. The average Bonchev–Trinajstić information content (AvgIpc) is 2.27. The van der Waals surface area contributed by atoms with Gasteiger partial charge >= 0.3 is 6.09 Å². The van der Waals surface area contributed by atoms with E-state index in [4.69, 9.17) is 4.74 Å². The maximum atomic E-state index is 12.2. The zero-order valence-corrected chi connectivity index (χ0v) is 12.8. The highest BCUT2D eigenvalue weighted by Crippen LogP contribution is 2.42. The number of piperidine rings is 2. The van der Waals surface area contributed by atoms with E-state index in [-0.39, 0.29) is 6.09 Å². The number of carbonyl (C=O) groups is 1. The fraction of sp³-hybridized carbons (Fsp3) is 0.933. The van der Waals surface area contributed by atoms with E-state index in [0.29, 0.717) is 11.5 Å². The van der Waals surface area contributed by atoms with Crippen molar-refractivity contribution in [2.45, 2.75) is 65.0 Å². The third-order valence-corrected chi connectivity index (χ3v) is 4.44. The lowest BCUT2D eigenvalue weighted by Gasteiger charge is -2.47. The summed E-state index contributed by atoms with van der Waals surface area (Å²) < 4.78 is 5.50.